The van der Waals surface area contributed by atoms with Crippen LogP contribution in [0.2, 0.25) is 0 Å². The molecule has 4 saturated carbocycles. The SMILES string of the molecule is CN(C)[C@@H]1C(=O)C(C(N)=O)=C(O)[C@@]2(O)C(=O)C3=C(O)c4c(O)cccc4[C@@](C)(O)[C@H]3[C@H](O)[C@@H]12.C[C@]12CCC(=O)C=C1CC[C@@H]1[C@@H]2[C@@H](O)C[C@@]2(C)[C@H]1CC[C@]2(O)C(=O)CO. The van der Waals surface area contributed by atoms with Crippen molar-refractivity contribution in [2.75, 3.05) is 20.7 Å². The predicted octanol–water partition coefficient (Wildman–Crippen LogP) is 0.381. The molecule has 320 valence electrons. The lowest BCUT2D eigenvalue weighted by molar-refractivity contribution is -0.182. The third kappa shape index (κ3) is 5.56. The number of nitrogens with two attached hydrogens (primary N) is 1. The Kier molecular flexibility index (Phi) is 10.1. The Balaban J connectivity index is 0.000000184. The Morgan fingerprint density at radius 3 is 2.20 bits per heavy atom. The first-order valence-electron chi connectivity index (χ1n) is 20.0. The maximum Gasteiger partial charge on any atom is 0.255 e. The van der Waals surface area contributed by atoms with Crippen molar-refractivity contribution in [1.29, 1.82) is 0 Å². The molecule has 0 saturated heterocycles. The van der Waals surface area contributed by atoms with Crippen LogP contribution in [0.3, 0.4) is 0 Å². The van der Waals surface area contributed by atoms with Crippen molar-refractivity contribution in [2.45, 2.75) is 101 Å². The summed E-state index contributed by atoms with van der Waals surface area (Å²) in [5, 5.41) is 98.1. The number of primary amides is 1. The van der Waals surface area contributed by atoms with E-state index in [9.17, 15) is 69.9 Å². The molecule has 0 heterocycles. The minimum atomic E-state index is -3.02. The molecule has 16 nitrogen and oxygen atoms in total. The number of ketones is 4. The molecule has 7 aliphatic carbocycles. The molecular weight excluding hydrogens is 768 g/mol. The van der Waals surface area contributed by atoms with E-state index >= 15 is 0 Å². The highest BCUT2D eigenvalue weighted by atomic mass is 16.4. The number of allylic oxidation sites excluding steroid dienone is 1. The fraction of sp³-hybridized carbons (Fsp3) is 0.605. The van der Waals surface area contributed by atoms with E-state index in [0.717, 1.165) is 25.7 Å². The molecule has 13 atom stereocenters. The van der Waals surface area contributed by atoms with Crippen LogP contribution < -0.4 is 5.73 Å². The molecule has 7 aliphatic rings. The molecule has 1 aromatic carbocycles. The molecule has 0 bridgehead atoms. The second kappa shape index (κ2) is 13.9. The van der Waals surface area contributed by atoms with Gasteiger partial charge in [0.25, 0.3) is 5.91 Å². The summed E-state index contributed by atoms with van der Waals surface area (Å²) < 4.78 is 0. The standard InChI is InChI=1S/C22H24N2O9.C21H30O5/c1-21(32)7-5-4-6-8(25)9(7)15(26)10-12(21)17(28)13-14(24(2)3)16(27)11(20(23)31)19(30)22(13,33)18(10)29;1-19-7-5-13(23)9-12(19)3-4-14-15-6-8-21(26,17(25)11-22)20(15,2)10-16(24)18(14)19/h4-6,12-14,17,25-26,28,30,32-33H,1-3H3,(H2,23,31);9,14-16,18,22,24,26H,3-8,10-11H2,1-2H3/t12-,13-,14+,17+,21-,22+;14-,15-,16-,18+,19-,20-,21-/m10/s1. The molecule has 59 heavy (non-hydrogen) atoms. The third-order valence-corrected chi connectivity index (χ3v) is 15.7. The second-order valence-corrected chi connectivity index (χ2v) is 18.6. The Morgan fingerprint density at radius 2 is 1.59 bits per heavy atom. The van der Waals surface area contributed by atoms with Gasteiger partial charge in [0.1, 0.15) is 35.0 Å². The topological polar surface area (TPSA) is 297 Å². The number of fused-ring (bicyclic) bond motifs is 8. The number of aliphatic hydroxyl groups excluding tert-OH is 5. The first kappa shape index (κ1) is 42.8. The van der Waals surface area contributed by atoms with Gasteiger partial charge < -0.3 is 51.7 Å². The molecule has 0 spiro atoms. The van der Waals surface area contributed by atoms with Crippen LogP contribution in [-0.4, -0.2) is 130 Å². The number of aliphatic hydroxyl groups is 8. The number of hydrogen-bond donors (Lipinski definition) is 10. The average Bonchev–Trinajstić information content (AvgIpc) is 3.43. The number of nitrogens with zero attached hydrogens (tertiary/aromatic N) is 1. The molecule has 1 amide bonds. The van der Waals surface area contributed by atoms with Crippen LogP contribution in [0.15, 0.2) is 46.8 Å². The molecular formula is C43H54N2O14. The first-order chi connectivity index (χ1) is 27.4. The number of carbonyl (C=O) groups excluding carboxylic acids is 5. The highest BCUT2D eigenvalue weighted by Crippen LogP contribution is 2.67. The van der Waals surface area contributed by atoms with Crippen LogP contribution in [0.1, 0.15) is 76.8 Å². The van der Waals surface area contributed by atoms with Gasteiger partial charge in [0.15, 0.2) is 23.0 Å². The third-order valence-electron chi connectivity index (χ3n) is 15.7. The van der Waals surface area contributed by atoms with Crippen LogP contribution in [-0.2, 0) is 29.6 Å². The van der Waals surface area contributed by atoms with Crippen molar-refractivity contribution in [3.8, 4) is 5.75 Å². The quantitative estimate of drug-likeness (QED) is 0.184. The normalized spacial score (nSPS) is 42.4. The van der Waals surface area contributed by atoms with Crippen molar-refractivity contribution in [3.63, 3.8) is 0 Å². The smallest absolute Gasteiger partial charge is 0.255 e. The molecule has 8 rings (SSSR count). The Morgan fingerprint density at radius 1 is 0.932 bits per heavy atom. The van der Waals surface area contributed by atoms with Gasteiger partial charge in [0, 0.05) is 11.8 Å². The Hall–Kier alpha value is -4.29. The summed E-state index contributed by atoms with van der Waals surface area (Å²) in [4.78, 5) is 64.2. The van der Waals surface area contributed by atoms with Crippen LogP contribution in [0.4, 0.5) is 0 Å². The number of phenols is 1. The molecule has 0 aliphatic heterocycles. The summed E-state index contributed by atoms with van der Waals surface area (Å²) in [7, 11) is 2.80. The predicted molar refractivity (Wildman–Crippen MR) is 207 cm³/mol. The number of aromatic hydroxyl groups is 1. The lowest BCUT2D eigenvalue weighted by atomic mass is 9.45. The zero-order chi connectivity index (χ0) is 43.7. The lowest BCUT2D eigenvalue weighted by Gasteiger charge is -2.60. The largest absolute Gasteiger partial charge is 0.508 e. The number of likely N-dealkylation sites (N-methyl/N-ethyl adjacent to an activating group) is 1. The number of phenolic OH excluding ortho intramolecular Hbond substituents is 1. The summed E-state index contributed by atoms with van der Waals surface area (Å²) in [6, 6.07) is 2.50. The van der Waals surface area contributed by atoms with E-state index in [0.29, 0.717) is 19.3 Å². The molecule has 0 aromatic heterocycles. The van der Waals surface area contributed by atoms with E-state index in [4.69, 9.17) is 5.73 Å². The molecule has 4 fully saturated rings. The van der Waals surface area contributed by atoms with Crippen LogP contribution in [0, 0.1) is 40.4 Å². The van der Waals surface area contributed by atoms with Gasteiger partial charge in [-0.2, -0.15) is 0 Å². The van der Waals surface area contributed by atoms with E-state index in [1.54, 1.807) is 6.08 Å². The summed E-state index contributed by atoms with van der Waals surface area (Å²) in [6.45, 7) is 4.71. The van der Waals surface area contributed by atoms with Crippen molar-refractivity contribution in [3.05, 3.63) is 57.9 Å². The highest BCUT2D eigenvalue weighted by Gasteiger charge is 2.71. The van der Waals surface area contributed by atoms with Gasteiger partial charge in [-0.1, -0.05) is 31.6 Å². The fourth-order valence-corrected chi connectivity index (χ4v) is 12.9. The van der Waals surface area contributed by atoms with Gasteiger partial charge in [-0.05, 0) is 100 Å². The zero-order valence-corrected chi connectivity index (χ0v) is 33.7. The van der Waals surface area contributed by atoms with Gasteiger partial charge in [-0.3, -0.25) is 28.9 Å². The van der Waals surface area contributed by atoms with E-state index in [2.05, 4.69) is 6.92 Å². The summed E-state index contributed by atoms with van der Waals surface area (Å²) >= 11 is 0. The van der Waals surface area contributed by atoms with Crippen LogP contribution in [0.5, 0.6) is 5.75 Å². The van der Waals surface area contributed by atoms with Gasteiger partial charge in [-0.15, -0.1) is 0 Å². The molecule has 0 radical (unpaired) electrons. The Bertz CT molecular complexity index is 2160. The zero-order valence-electron chi connectivity index (χ0n) is 33.7. The van der Waals surface area contributed by atoms with E-state index < -0.39 is 111 Å². The van der Waals surface area contributed by atoms with E-state index in [1.165, 1.54) is 49.7 Å². The van der Waals surface area contributed by atoms with E-state index in [-0.39, 0.29) is 40.1 Å². The average molecular weight is 823 g/mol. The number of Topliss-reactive ketones (excluding diaryl/α,β-unsaturated/α-hetero) is 3. The van der Waals surface area contributed by atoms with Crippen molar-refractivity contribution >= 4 is 34.8 Å². The Labute approximate surface area is 340 Å². The lowest BCUT2D eigenvalue weighted by Crippen LogP contribution is -2.71. The van der Waals surface area contributed by atoms with Crippen molar-refractivity contribution in [2.24, 2.45) is 46.2 Å². The monoisotopic (exact) mass is 822 g/mol. The van der Waals surface area contributed by atoms with Gasteiger partial charge >= 0.3 is 0 Å². The molecule has 11 N–H and O–H groups in total. The number of benzene rings is 1. The minimum Gasteiger partial charge on any atom is -0.508 e. The van der Waals surface area contributed by atoms with E-state index in [1.807, 2.05) is 6.92 Å². The number of hydrogen-bond acceptors (Lipinski definition) is 15. The number of amides is 1. The molecule has 0 unspecified atom stereocenters. The summed E-state index contributed by atoms with van der Waals surface area (Å²) in [5.41, 5.74) is -3.01. The number of rotatable bonds is 4. The fourth-order valence-electron chi connectivity index (χ4n) is 12.9. The van der Waals surface area contributed by atoms with Crippen LogP contribution in [0.25, 0.3) is 5.76 Å². The second-order valence-electron chi connectivity index (χ2n) is 18.6. The maximum atomic E-state index is 13.7. The minimum absolute atomic E-state index is 0.00664. The van der Waals surface area contributed by atoms with Crippen LogP contribution >= 0.6 is 0 Å². The van der Waals surface area contributed by atoms with Crippen molar-refractivity contribution < 1.29 is 69.9 Å². The van der Waals surface area contributed by atoms with Crippen molar-refractivity contribution in [1.82, 2.24) is 4.90 Å². The molecule has 1 aromatic rings. The maximum absolute atomic E-state index is 13.7. The molecule has 16 heteroatoms. The summed E-state index contributed by atoms with van der Waals surface area (Å²) in [6.07, 6.45) is 3.86. The summed E-state index contributed by atoms with van der Waals surface area (Å²) in [5.74, 6) is -9.53. The van der Waals surface area contributed by atoms with Gasteiger partial charge in [-0.25, -0.2) is 0 Å². The highest BCUT2D eigenvalue weighted by molar-refractivity contribution is 6.24. The first-order valence-corrected chi connectivity index (χ1v) is 20.0. The van der Waals surface area contributed by atoms with Gasteiger partial charge in [0.05, 0.1) is 46.8 Å². The van der Waals surface area contributed by atoms with Gasteiger partial charge in [0.2, 0.25) is 5.78 Å². The number of carbonyl (C=O) groups is 5.